The fourth-order valence-corrected chi connectivity index (χ4v) is 9.26. The van der Waals surface area contributed by atoms with Gasteiger partial charge in [0.15, 0.2) is 0 Å². The Labute approximate surface area is 364 Å². The monoisotopic (exact) mass is 868 g/mol. The highest BCUT2D eigenvalue weighted by molar-refractivity contribution is 7.44. The summed E-state index contributed by atoms with van der Waals surface area (Å²) in [4.78, 5) is 40.7. The van der Waals surface area contributed by atoms with Gasteiger partial charge in [-0.2, -0.15) is 0 Å². The summed E-state index contributed by atoms with van der Waals surface area (Å²) in [6.07, 6.45) is -1.03. The molecule has 62 heavy (non-hydrogen) atoms. The fourth-order valence-electron chi connectivity index (χ4n) is 7.51. The van der Waals surface area contributed by atoms with Gasteiger partial charge in [-0.3, -0.25) is 14.3 Å². The van der Waals surface area contributed by atoms with Crippen LogP contribution in [0.15, 0.2) is 125 Å². The average molecular weight is 869 g/mol. The lowest BCUT2D eigenvalue weighted by Crippen LogP contribution is -2.40. The average Bonchev–Trinajstić information content (AvgIpc) is 3.68. The van der Waals surface area contributed by atoms with E-state index in [4.69, 9.17) is 32.7 Å². The summed E-state index contributed by atoms with van der Waals surface area (Å²) in [5.41, 5.74) is 1.53. The number of nitrogens with one attached hydrogen (secondary N) is 2. The summed E-state index contributed by atoms with van der Waals surface area (Å²) in [7, 11) is 1.48. The van der Waals surface area contributed by atoms with E-state index in [1.807, 2.05) is 109 Å². The lowest BCUT2D eigenvalue weighted by atomic mass is 9.80. The largest absolute Gasteiger partial charge is 0.497 e. The van der Waals surface area contributed by atoms with Gasteiger partial charge in [-0.25, -0.2) is 14.3 Å². The minimum atomic E-state index is -1.77. The smallest absolute Gasteiger partial charge is 0.407 e. The van der Waals surface area contributed by atoms with Crippen molar-refractivity contribution in [3.63, 3.8) is 0 Å². The van der Waals surface area contributed by atoms with E-state index in [9.17, 15) is 14.4 Å². The van der Waals surface area contributed by atoms with Crippen molar-refractivity contribution in [2.24, 2.45) is 0 Å². The number of alkyl carbamates (subject to hydrolysis) is 1. The number of aromatic nitrogens is 2. The van der Waals surface area contributed by atoms with Crippen molar-refractivity contribution in [1.82, 2.24) is 19.5 Å². The van der Waals surface area contributed by atoms with E-state index in [0.717, 1.165) is 22.3 Å². The molecule has 4 atom stereocenters. The molecule has 0 saturated carbocycles. The lowest BCUT2D eigenvalue weighted by molar-refractivity contribution is -0.0926. The molecular formula is C47H57N4O10P. The molecular weight excluding hydrogens is 812 g/mol. The predicted octanol–water partition coefficient (Wildman–Crippen LogP) is 7.83. The Morgan fingerprint density at radius 2 is 1.42 bits per heavy atom. The van der Waals surface area contributed by atoms with Crippen LogP contribution < -0.4 is 26.0 Å². The SMILES string of the molecule is COc1ccc(C(OC[C@H]2O[C@@H](n3cc(C)c(=O)[nH]c3=O)C[C@@H]2OP(OCCNC(=O)OCc2ccccc2)N(C(C)C)C(C)C)(c2ccccc2)c2ccc(OC)cc2)cc1. The first-order chi connectivity index (χ1) is 29.9. The van der Waals surface area contributed by atoms with Crippen LogP contribution in [0.2, 0.25) is 0 Å². The molecule has 330 valence electrons. The first kappa shape index (κ1) is 46.2. The molecule has 0 aliphatic carbocycles. The van der Waals surface area contributed by atoms with Crippen LogP contribution in [0.25, 0.3) is 0 Å². The Morgan fingerprint density at radius 3 is 1.98 bits per heavy atom. The highest BCUT2D eigenvalue weighted by atomic mass is 31.2. The number of hydrogen-bond acceptors (Lipinski definition) is 11. The van der Waals surface area contributed by atoms with Crippen molar-refractivity contribution >= 4 is 14.6 Å². The highest BCUT2D eigenvalue weighted by Gasteiger charge is 2.45. The zero-order valence-electron chi connectivity index (χ0n) is 36.3. The molecule has 4 aromatic carbocycles. The second kappa shape index (κ2) is 21.6. The molecule has 2 N–H and O–H groups in total. The van der Waals surface area contributed by atoms with Crippen LogP contribution >= 0.6 is 8.53 Å². The molecule has 2 heterocycles. The molecule has 1 saturated heterocycles. The van der Waals surface area contributed by atoms with Crippen LogP contribution in [0.3, 0.4) is 0 Å². The van der Waals surface area contributed by atoms with Crippen molar-refractivity contribution in [1.29, 1.82) is 0 Å². The summed E-state index contributed by atoms with van der Waals surface area (Å²) >= 11 is 0. The molecule has 0 bridgehead atoms. The van der Waals surface area contributed by atoms with Crippen LogP contribution in [0.5, 0.6) is 11.5 Å². The number of aryl methyl sites for hydroxylation is 1. The zero-order valence-corrected chi connectivity index (χ0v) is 37.2. The number of hydrogen-bond donors (Lipinski definition) is 2. The first-order valence-corrected chi connectivity index (χ1v) is 21.8. The number of benzene rings is 4. The summed E-state index contributed by atoms with van der Waals surface area (Å²) in [5, 5.41) is 2.77. The lowest BCUT2D eigenvalue weighted by Gasteiger charge is -2.39. The van der Waals surface area contributed by atoms with Gasteiger partial charge in [0, 0.05) is 36.8 Å². The minimum absolute atomic E-state index is 0.00649. The van der Waals surface area contributed by atoms with Gasteiger partial charge in [-0.15, -0.1) is 0 Å². The highest BCUT2D eigenvalue weighted by Crippen LogP contribution is 2.50. The standard InChI is InChI=1S/C47H57N4O10P/c1-32(2)51(33(3)4)62(59-27-26-48-46(54)57-30-35-14-10-8-11-15-35)61-41-28-43(50-29-34(5)44(52)49-45(50)53)60-42(41)31-58-47(36-16-12-9-13-17-36,37-18-22-39(55-6)23-19-37)38-20-24-40(56-7)25-21-38/h8-25,29,32-33,41-43H,26-28,30-31H2,1-7H3,(H,48,54)(H,49,52,53)/t41-,42+,43+,62?/m0/s1. The molecule has 1 unspecified atom stereocenters. The quantitative estimate of drug-likeness (QED) is 0.0448. The zero-order chi connectivity index (χ0) is 44.2. The molecule has 15 heteroatoms. The topological polar surface area (TPSA) is 152 Å². The Kier molecular flexibility index (Phi) is 16.1. The van der Waals surface area contributed by atoms with Crippen molar-refractivity contribution in [2.45, 2.75) is 83.8 Å². The van der Waals surface area contributed by atoms with E-state index in [1.165, 1.54) is 10.8 Å². The van der Waals surface area contributed by atoms with Crippen molar-refractivity contribution in [3.8, 4) is 11.5 Å². The summed E-state index contributed by atoms with van der Waals surface area (Å²) in [6.45, 7) is 10.4. The molecule has 1 fully saturated rings. The van der Waals surface area contributed by atoms with Crippen LogP contribution in [0.4, 0.5) is 4.79 Å². The Hall–Kier alpha value is -5.34. The second-order valence-electron chi connectivity index (χ2n) is 15.4. The predicted molar refractivity (Wildman–Crippen MR) is 237 cm³/mol. The van der Waals surface area contributed by atoms with E-state index < -0.39 is 49.9 Å². The van der Waals surface area contributed by atoms with Gasteiger partial charge in [-0.05, 0) is 81.1 Å². The third-order valence-corrected chi connectivity index (χ3v) is 12.7. The number of H-pyrrole nitrogens is 1. The third-order valence-electron chi connectivity index (χ3n) is 10.5. The van der Waals surface area contributed by atoms with Gasteiger partial charge in [0.05, 0.1) is 33.5 Å². The molecule has 1 aliphatic heterocycles. The molecule has 0 radical (unpaired) electrons. The Balaban J connectivity index is 1.33. The van der Waals surface area contributed by atoms with Crippen molar-refractivity contribution in [3.05, 3.63) is 164 Å². The number of carbonyl (C=O) groups is 1. The number of amides is 1. The Morgan fingerprint density at radius 1 is 0.855 bits per heavy atom. The van der Waals surface area contributed by atoms with Gasteiger partial charge in [0.2, 0.25) is 0 Å². The van der Waals surface area contributed by atoms with E-state index >= 15 is 0 Å². The normalized spacial score (nSPS) is 17.0. The van der Waals surface area contributed by atoms with E-state index in [0.29, 0.717) is 17.1 Å². The van der Waals surface area contributed by atoms with Crippen molar-refractivity contribution in [2.75, 3.05) is 34.0 Å². The molecule has 6 rings (SSSR count). The number of methoxy groups -OCH3 is 2. The molecule has 1 amide bonds. The molecule has 1 aromatic heterocycles. The van der Waals surface area contributed by atoms with E-state index in [-0.39, 0.29) is 44.9 Å². The fraction of sp³-hybridized carbons (Fsp3) is 0.383. The van der Waals surface area contributed by atoms with Crippen LogP contribution in [0.1, 0.15) is 68.2 Å². The third kappa shape index (κ3) is 11.2. The van der Waals surface area contributed by atoms with Crippen molar-refractivity contribution < 1.29 is 37.5 Å². The first-order valence-electron chi connectivity index (χ1n) is 20.7. The minimum Gasteiger partial charge on any atom is -0.497 e. The molecule has 1 aliphatic rings. The van der Waals surface area contributed by atoms with Gasteiger partial charge in [0.1, 0.15) is 36.0 Å². The maximum Gasteiger partial charge on any atom is 0.407 e. The number of aromatic amines is 1. The maximum absolute atomic E-state index is 13.3. The van der Waals surface area contributed by atoms with Gasteiger partial charge in [-0.1, -0.05) is 84.9 Å². The molecule has 5 aromatic rings. The summed E-state index contributed by atoms with van der Waals surface area (Å²) in [6, 6.07) is 34.9. The number of ether oxygens (including phenoxy) is 5. The van der Waals surface area contributed by atoms with E-state index in [2.05, 4.69) is 42.7 Å². The van der Waals surface area contributed by atoms with Gasteiger partial charge < -0.3 is 38.0 Å². The number of carbonyl (C=O) groups excluding carboxylic acids is 1. The maximum atomic E-state index is 13.3. The molecule has 14 nitrogen and oxygen atoms in total. The molecule has 0 spiro atoms. The summed E-state index contributed by atoms with van der Waals surface area (Å²) < 4.78 is 47.6. The van der Waals surface area contributed by atoms with Crippen LogP contribution in [-0.4, -0.2) is 78.6 Å². The summed E-state index contributed by atoms with van der Waals surface area (Å²) in [5.74, 6) is 1.38. The van der Waals surface area contributed by atoms with Gasteiger partial charge >= 0.3 is 11.8 Å². The Bertz CT molecular complexity index is 2230. The number of nitrogens with zero attached hydrogens (tertiary/aromatic N) is 2. The van der Waals surface area contributed by atoms with Gasteiger partial charge in [0.25, 0.3) is 14.1 Å². The van der Waals surface area contributed by atoms with Crippen LogP contribution in [0, 0.1) is 6.92 Å². The number of rotatable bonds is 20. The second-order valence-corrected chi connectivity index (χ2v) is 16.8. The van der Waals surface area contributed by atoms with E-state index in [1.54, 1.807) is 21.1 Å². The van der Waals surface area contributed by atoms with Crippen LogP contribution in [-0.2, 0) is 35.5 Å².